The van der Waals surface area contributed by atoms with Gasteiger partial charge in [0.1, 0.15) is 0 Å². The summed E-state index contributed by atoms with van der Waals surface area (Å²) in [5.74, 6) is -1.11. The number of rotatable bonds is 5. The molecule has 7 heteroatoms. The molecule has 0 radical (unpaired) electrons. The van der Waals surface area contributed by atoms with Gasteiger partial charge < -0.3 is 9.80 Å². The van der Waals surface area contributed by atoms with Gasteiger partial charge in [0.15, 0.2) is 11.6 Å². The lowest BCUT2D eigenvalue weighted by molar-refractivity contribution is -0.139. The number of hydrogen-bond donors (Lipinski definition) is 0. The summed E-state index contributed by atoms with van der Waals surface area (Å²) < 4.78 is 26.5. The highest BCUT2D eigenvalue weighted by Gasteiger charge is 2.46. The molecule has 0 N–H and O–H groups in total. The predicted molar refractivity (Wildman–Crippen MR) is 105 cm³/mol. The van der Waals surface area contributed by atoms with Crippen LogP contribution in [0.25, 0.3) is 0 Å². The smallest absolute Gasteiger partial charge is 0.232 e. The quantitative estimate of drug-likeness (QED) is 0.750. The molecule has 0 spiro atoms. The molecule has 1 saturated heterocycles. The topological polar surface area (TPSA) is 40.6 Å². The lowest BCUT2D eigenvalue weighted by atomic mass is 10.1. The van der Waals surface area contributed by atoms with Crippen molar-refractivity contribution in [1.29, 1.82) is 0 Å². The van der Waals surface area contributed by atoms with Crippen LogP contribution in [-0.2, 0) is 9.59 Å². The fraction of sp³-hybridized carbons (Fsp3) is 0.619. The van der Waals surface area contributed by atoms with Crippen molar-refractivity contribution in [2.24, 2.45) is 5.92 Å². The van der Waals surface area contributed by atoms with E-state index in [-0.39, 0.29) is 23.7 Å². The van der Waals surface area contributed by atoms with Gasteiger partial charge in [0, 0.05) is 37.3 Å². The van der Waals surface area contributed by atoms with Crippen LogP contribution in [0.2, 0.25) is 0 Å². The Balaban J connectivity index is 1.23. The van der Waals surface area contributed by atoms with E-state index in [0.717, 1.165) is 6.07 Å². The van der Waals surface area contributed by atoms with Crippen molar-refractivity contribution in [3.05, 3.63) is 35.4 Å². The maximum absolute atomic E-state index is 13.4. The zero-order valence-electron chi connectivity index (χ0n) is 15.9. The molecule has 4 nitrogen and oxygen atoms in total. The highest BCUT2D eigenvalue weighted by atomic mass is 32.2. The van der Waals surface area contributed by atoms with Crippen LogP contribution in [0.4, 0.5) is 8.78 Å². The average Bonchev–Trinajstić information content (AvgIpc) is 3.34. The summed E-state index contributed by atoms with van der Waals surface area (Å²) in [6.45, 7) is 2.27. The molecule has 4 rings (SSSR count). The minimum atomic E-state index is -0.863. The molecule has 28 heavy (non-hydrogen) atoms. The molecule has 0 unspecified atom stereocenters. The standard InChI is InChI=1S/C21H26F2N2O2S/c22-18-6-5-14(11-19(18)23)16-12-17(16)21(27)25-9-7-24(8-10-25)20(26)13-28-15-3-1-2-4-15/h5-6,11,15-17H,1-4,7-10,12-13H2/t16-,17+/m1/s1. The first kappa shape index (κ1) is 19.7. The molecule has 1 heterocycles. The van der Waals surface area contributed by atoms with Crippen LogP contribution in [0.1, 0.15) is 43.6 Å². The number of nitrogens with zero attached hydrogens (tertiary/aromatic N) is 2. The number of amides is 2. The molecule has 2 atom stereocenters. The maximum Gasteiger partial charge on any atom is 0.232 e. The van der Waals surface area contributed by atoms with Crippen LogP contribution in [0.15, 0.2) is 18.2 Å². The predicted octanol–water partition coefficient (Wildman–Crippen LogP) is 3.41. The Morgan fingerprint density at radius 3 is 2.36 bits per heavy atom. The van der Waals surface area contributed by atoms with Gasteiger partial charge in [-0.1, -0.05) is 18.9 Å². The van der Waals surface area contributed by atoms with Crippen molar-refractivity contribution in [2.75, 3.05) is 31.9 Å². The van der Waals surface area contributed by atoms with Gasteiger partial charge >= 0.3 is 0 Å². The monoisotopic (exact) mass is 408 g/mol. The van der Waals surface area contributed by atoms with Gasteiger partial charge in [0.2, 0.25) is 11.8 Å². The number of halogens is 2. The van der Waals surface area contributed by atoms with Crippen LogP contribution in [0.5, 0.6) is 0 Å². The Hall–Kier alpha value is -1.63. The fourth-order valence-corrected chi connectivity index (χ4v) is 5.55. The summed E-state index contributed by atoms with van der Waals surface area (Å²) in [5, 5.41) is 0.634. The van der Waals surface area contributed by atoms with Crippen LogP contribution in [0, 0.1) is 17.6 Å². The van der Waals surface area contributed by atoms with E-state index in [9.17, 15) is 18.4 Å². The van der Waals surface area contributed by atoms with Gasteiger partial charge in [-0.15, -0.1) is 11.8 Å². The van der Waals surface area contributed by atoms with Gasteiger partial charge in [0.05, 0.1) is 5.75 Å². The number of carbonyl (C=O) groups excluding carboxylic acids is 2. The van der Waals surface area contributed by atoms with E-state index in [0.29, 0.717) is 49.2 Å². The van der Waals surface area contributed by atoms with Crippen molar-refractivity contribution in [3.63, 3.8) is 0 Å². The Kier molecular flexibility index (Phi) is 5.90. The summed E-state index contributed by atoms with van der Waals surface area (Å²) in [7, 11) is 0. The Labute approximate surface area is 168 Å². The second kappa shape index (κ2) is 8.39. The van der Waals surface area contributed by atoms with Crippen LogP contribution >= 0.6 is 11.8 Å². The molecular weight excluding hydrogens is 382 g/mol. The number of piperazine rings is 1. The first-order valence-corrected chi connectivity index (χ1v) is 11.2. The minimum Gasteiger partial charge on any atom is -0.339 e. The van der Waals surface area contributed by atoms with Crippen LogP contribution in [-0.4, -0.2) is 58.8 Å². The van der Waals surface area contributed by atoms with E-state index in [2.05, 4.69) is 0 Å². The molecule has 2 amide bonds. The van der Waals surface area contributed by atoms with Gasteiger partial charge in [-0.05, 0) is 42.9 Å². The molecule has 3 fully saturated rings. The molecule has 0 aromatic heterocycles. The lowest BCUT2D eigenvalue weighted by Crippen LogP contribution is -2.51. The molecular formula is C21H26F2N2O2S. The Bertz CT molecular complexity index is 746. The number of benzene rings is 1. The van der Waals surface area contributed by atoms with Crippen molar-refractivity contribution >= 4 is 23.6 Å². The number of carbonyl (C=O) groups is 2. The molecule has 1 aliphatic heterocycles. The summed E-state index contributed by atoms with van der Waals surface area (Å²) in [4.78, 5) is 28.8. The largest absolute Gasteiger partial charge is 0.339 e. The zero-order chi connectivity index (χ0) is 19.7. The highest BCUT2D eigenvalue weighted by Crippen LogP contribution is 2.48. The van der Waals surface area contributed by atoms with E-state index < -0.39 is 11.6 Å². The maximum atomic E-state index is 13.4. The molecule has 0 bridgehead atoms. The highest BCUT2D eigenvalue weighted by molar-refractivity contribution is 8.00. The molecule has 1 aromatic rings. The van der Waals surface area contributed by atoms with Crippen molar-refractivity contribution in [3.8, 4) is 0 Å². The fourth-order valence-electron chi connectivity index (χ4n) is 4.33. The van der Waals surface area contributed by atoms with E-state index in [4.69, 9.17) is 0 Å². The third kappa shape index (κ3) is 4.34. The minimum absolute atomic E-state index is 0.0231. The van der Waals surface area contributed by atoms with Crippen molar-refractivity contribution in [1.82, 2.24) is 9.80 Å². The van der Waals surface area contributed by atoms with Crippen LogP contribution < -0.4 is 0 Å². The molecule has 152 valence electrons. The Morgan fingerprint density at radius 2 is 1.68 bits per heavy atom. The molecule has 2 saturated carbocycles. The number of thioether (sulfide) groups is 1. The van der Waals surface area contributed by atoms with Crippen molar-refractivity contribution < 1.29 is 18.4 Å². The summed E-state index contributed by atoms with van der Waals surface area (Å²) in [6, 6.07) is 3.89. The van der Waals surface area contributed by atoms with Gasteiger partial charge in [-0.25, -0.2) is 8.78 Å². The van der Waals surface area contributed by atoms with E-state index in [1.807, 2.05) is 9.80 Å². The normalized spacial score (nSPS) is 25.2. The van der Waals surface area contributed by atoms with Crippen molar-refractivity contribution in [2.45, 2.75) is 43.3 Å². The second-order valence-corrected chi connectivity index (χ2v) is 9.33. The second-order valence-electron chi connectivity index (χ2n) is 8.05. The zero-order valence-corrected chi connectivity index (χ0v) is 16.7. The molecule has 2 aliphatic carbocycles. The first-order valence-electron chi connectivity index (χ1n) is 10.2. The Morgan fingerprint density at radius 1 is 1.00 bits per heavy atom. The van der Waals surface area contributed by atoms with Gasteiger partial charge in [-0.2, -0.15) is 0 Å². The van der Waals surface area contributed by atoms with E-state index in [1.54, 1.807) is 17.8 Å². The third-order valence-corrected chi connectivity index (χ3v) is 7.52. The molecule has 1 aromatic carbocycles. The van der Waals surface area contributed by atoms with Gasteiger partial charge in [-0.3, -0.25) is 9.59 Å². The first-order chi connectivity index (χ1) is 13.5. The van der Waals surface area contributed by atoms with Gasteiger partial charge in [0.25, 0.3) is 0 Å². The SMILES string of the molecule is O=C(CSC1CCCC1)N1CCN(C(=O)[C@H]2C[C@@H]2c2ccc(F)c(F)c2)CC1. The average molecular weight is 409 g/mol. The van der Waals surface area contributed by atoms with E-state index in [1.165, 1.54) is 31.7 Å². The lowest BCUT2D eigenvalue weighted by Gasteiger charge is -2.35. The number of hydrogen-bond acceptors (Lipinski definition) is 3. The summed E-state index contributed by atoms with van der Waals surface area (Å²) in [5.41, 5.74) is 0.690. The third-order valence-electron chi connectivity index (χ3n) is 6.17. The summed E-state index contributed by atoms with van der Waals surface area (Å²) in [6.07, 6.45) is 5.68. The van der Waals surface area contributed by atoms with Crippen LogP contribution in [0.3, 0.4) is 0 Å². The van der Waals surface area contributed by atoms with E-state index >= 15 is 0 Å². The molecule has 3 aliphatic rings. The summed E-state index contributed by atoms with van der Waals surface area (Å²) >= 11 is 1.78.